The summed E-state index contributed by atoms with van der Waals surface area (Å²) in [6.07, 6.45) is 0. The fourth-order valence-electron chi connectivity index (χ4n) is 1.74. The lowest BCUT2D eigenvalue weighted by atomic mass is 10.6. The summed E-state index contributed by atoms with van der Waals surface area (Å²) in [6.45, 7) is 2.79. The number of aliphatic imine (C=N–C) groups is 1. The van der Waals surface area contributed by atoms with Gasteiger partial charge in [-0.3, -0.25) is 4.99 Å². The molecule has 1 fully saturated rings. The number of rotatable bonds is 7. The predicted molar refractivity (Wildman–Crippen MR) is 99.3 cm³/mol. The topological polar surface area (TPSA) is 83.0 Å². The maximum absolute atomic E-state index is 12.1. The number of thioether (sulfide) groups is 1. The molecular formula is C11H25IN4O3S2. The van der Waals surface area contributed by atoms with Gasteiger partial charge in [0, 0.05) is 51.8 Å². The van der Waals surface area contributed by atoms with Gasteiger partial charge in [-0.15, -0.1) is 24.0 Å². The average molecular weight is 452 g/mol. The molecule has 1 aliphatic heterocycles. The molecule has 1 aliphatic rings. The minimum absolute atomic E-state index is 0. The normalized spacial score (nSPS) is 17.1. The molecule has 1 heterocycles. The van der Waals surface area contributed by atoms with Gasteiger partial charge in [0.15, 0.2) is 5.96 Å². The van der Waals surface area contributed by atoms with E-state index in [9.17, 15) is 8.42 Å². The van der Waals surface area contributed by atoms with Crippen molar-refractivity contribution in [3.8, 4) is 0 Å². The van der Waals surface area contributed by atoms with Crippen LogP contribution in [0.4, 0.5) is 0 Å². The zero-order chi connectivity index (χ0) is 14.8. The number of nitrogens with zero attached hydrogens (tertiary/aromatic N) is 2. The second kappa shape index (κ2) is 11.7. The number of hydrogen-bond donors (Lipinski definition) is 2. The van der Waals surface area contributed by atoms with Gasteiger partial charge in [0.25, 0.3) is 0 Å². The molecule has 0 amide bonds. The number of ether oxygens (including phenoxy) is 1. The van der Waals surface area contributed by atoms with E-state index < -0.39 is 10.0 Å². The molecule has 0 unspecified atom stereocenters. The molecule has 0 radical (unpaired) electrons. The number of guanidine groups is 1. The van der Waals surface area contributed by atoms with E-state index >= 15 is 0 Å². The maximum atomic E-state index is 12.1. The van der Waals surface area contributed by atoms with E-state index in [1.807, 2.05) is 0 Å². The van der Waals surface area contributed by atoms with Gasteiger partial charge in [-0.2, -0.15) is 11.8 Å². The second-order valence-corrected chi connectivity index (χ2v) is 7.56. The molecule has 0 spiro atoms. The standard InChI is InChI=1S/C11H24N4O3S2.HI/c1-12-11(13-3-7-18-2)14-4-10-20(16,17)15-5-8-19-9-6-15;/h3-10H2,1-2H3,(H2,12,13,14);1H. The van der Waals surface area contributed by atoms with Crippen LogP contribution in [0.5, 0.6) is 0 Å². The zero-order valence-corrected chi connectivity index (χ0v) is 16.5. The highest BCUT2D eigenvalue weighted by atomic mass is 127. The van der Waals surface area contributed by atoms with Gasteiger partial charge in [-0.1, -0.05) is 0 Å². The minimum Gasteiger partial charge on any atom is -0.383 e. The number of hydrogen-bond acceptors (Lipinski definition) is 5. The summed E-state index contributed by atoms with van der Waals surface area (Å²) in [5.74, 6) is 2.44. The third kappa shape index (κ3) is 8.43. The van der Waals surface area contributed by atoms with Crippen LogP contribution in [0.1, 0.15) is 0 Å². The monoisotopic (exact) mass is 452 g/mol. The van der Waals surface area contributed by atoms with Crippen molar-refractivity contribution in [1.82, 2.24) is 14.9 Å². The van der Waals surface area contributed by atoms with E-state index in [2.05, 4.69) is 15.6 Å². The molecule has 1 saturated heterocycles. The summed E-state index contributed by atoms with van der Waals surface area (Å²) in [6, 6.07) is 0. The molecule has 0 aromatic heterocycles. The molecule has 126 valence electrons. The van der Waals surface area contributed by atoms with Crippen LogP contribution >= 0.6 is 35.7 Å². The Kier molecular flexibility index (Phi) is 11.9. The van der Waals surface area contributed by atoms with Crippen LogP contribution in [-0.2, 0) is 14.8 Å². The summed E-state index contributed by atoms with van der Waals surface area (Å²) >= 11 is 1.80. The van der Waals surface area contributed by atoms with Crippen LogP contribution in [0.3, 0.4) is 0 Å². The molecular weight excluding hydrogens is 427 g/mol. The quantitative estimate of drug-likeness (QED) is 0.241. The first-order valence-electron chi connectivity index (χ1n) is 6.59. The molecule has 0 aromatic carbocycles. The second-order valence-electron chi connectivity index (χ2n) is 4.25. The van der Waals surface area contributed by atoms with Crippen LogP contribution < -0.4 is 10.6 Å². The number of methoxy groups -OCH3 is 1. The molecule has 0 atom stereocenters. The first-order chi connectivity index (χ1) is 9.60. The Balaban J connectivity index is 0.00000400. The van der Waals surface area contributed by atoms with Gasteiger partial charge in [-0.25, -0.2) is 12.7 Å². The molecule has 21 heavy (non-hydrogen) atoms. The van der Waals surface area contributed by atoms with Crippen molar-refractivity contribution >= 4 is 51.7 Å². The first kappa shape index (κ1) is 21.2. The van der Waals surface area contributed by atoms with E-state index in [0.717, 1.165) is 11.5 Å². The number of sulfonamides is 1. The van der Waals surface area contributed by atoms with Crippen LogP contribution in [0.2, 0.25) is 0 Å². The lowest BCUT2D eigenvalue weighted by Crippen LogP contribution is -2.44. The molecule has 0 aromatic rings. The summed E-state index contributed by atoms with van der Waals surface area (Å²) in [5.41, 5.74) is 0. The van der Waals surface area contributed by atoms with Crippen molar-refractivity contribution in [1.29, 1.82) is 0 Å². The first-order valence-corrected chi connectivity index (χ1v) is 9.35. The summed E-state index contributed by atoms with van der Waals surface area (Å²) in [7, 11) is 0.115. The van der Waals surface area contributed by atoms with Gasteiger partial charge in [0.2, 0.25) is 10.0 Å². The summed E-state index contributed by atoms with van der Waals surface area (Å²) in [4.78, 5) is 4.02. The Bertz CT molecular complexity index is 400. The van der Waals surface area contributed by atoms with Gasteiger partial charge in [-0.05, 0) is 0 Å². The molecule has 0 saturated carbocycles. The Morgan fingerprint density at radius 1 is 1.29 bits per heavy atom. The van der Waals surface area contributed by atoms with Crippen LogP contribution in [0.25, 0.3) is 0 Å². The number of halogens is 1. The van der Waals surface area contributed by atoms with Crippen LogP contribution in [0, 0.1) is 0 Å². The van der Waals surface area contributed by atoms with Crippen LogP contribution in [0.15, 0.2) is 4.99 Å². The van der Waals surface area contributed by atoms with Crippen molar-refractivity contribution in [2.45, 2.75) is 0 Å². The fraction of sp³-hybridized carbons (Fsp3) is 0.909. The third-order valence-corrected chi connectivity index (χ3v) is 5.65. The molecule has 0 aliphatic carbocycles. The summed E-state index contributed by atoms with van der Waals surface area (Å²) in [5, 5.41) is 6.03. The van der Waals surface area contributed by atoms with E-state index in [-0.39, 0.29) is 29.7 Å². The molecule has 1 rings (SSSR count). The highest BCUT2D eigenvalue weighted by molar-refractivity contribution is 14.0. The van der Waals surface area contributed by atoms with Crippen molar-refractivity contribution in [2.24, 2.45) is 4.99 Å². The zero-order valence-electron chi connectivity index (χ0n) is 12.5. The maximum Gasteiger partial charge on any atom is 0.215 e. The van der Waals surface area contributed by atoms with Crippen molar-refractivity contribution in [3.05, 3.63) is 0 Å². The number of nitrogens with one attached hydrogen (secondary N) is 2. The molecule has 10 heteroatoms. The smallest absolute Gasteiger partial charge is 0.215 e. The molecule has 7 nitrogen and oxygen atoms in total. The lowest BCUT2D eigenvalue weighted by Gasteiger charge is -2.25. The van der Waals surface area contributed by atoms with Gasteiger partial charge in [0.05, 0.1) is 12.4 Å². The molecule has 0 bridgehead atoms. The van der Waals surface area contributed by atoms with Crippen molar-refractivity contribution in [3.63, 3.8) is 0 Å². The largest absolute Gasteiger partial charge is 0.383 e. The summed E-state index contributed by atoms with van der Waals surface area (Å²) < 4.78 is 30.7. The van der Waals surface area contributed by atoms with E-state index in [1.54, 1.807) is 30.2 Å². The predicted octanol–water partition coefficient (Wildman–Crippen LogP) is -0.206. The highest BCUT2D eigenvalue weighted by Crippen LogP contribution is 2.12. The van der Waals surface area contributed by atoms with Gasteiger partial charge < -0.3 is 15.4 Å². The van der Waals surface area contributed by atoms with E-state index in [0.29, 0.717) is 38.7 Å². The Hall–Kier alpha value is 0.220. The van der Waals surface area contributed by atoms with Crippen molar-refractivity contribution in [2.75, 3.05) is 64.2 Å². The minimum atomic E-state index is -3.16. The van der Waals surface area contributed by atoms with Gasteiger partial charge in [0.1, 0.15) is 0 Å². The van der Waals surface area contributed by atoms with E-state index in [1.165, 1.54) is 0 Å². The van der Waals surface area contributed by atoms with Crippen LogP contribution in [-0.4, -0.2) is 82.9 Å². The Morgan fingerprint density at radius 3 is 2.48 bits per heavy atom. The highest BCUT2D eigenvalue weighted by Gasteiger charge is 2.23. The molecule has 2 N–H and O–H groups in total. The van der Waals surface area contributed by atoms with Gasteiger partial charge >= 0.3 is 0 Å². The average Bonchev–Trinajstić information content (AvgIpc) is 2.46. The van der Waals surface area contributed by atoms with E-state index in [4.69, 9.17) is 4.74 Å². The Morgan fingerprint density at radius 2 is 1.90 bits per heavy atom. The fourth-order valence-corrected chi connectivity index (χ4v) is 4.24. The Labute approximate surface area is 148 Å². The third-order valence-electron chi connectivity index (χ3n) is 2.84. The lowest BCUT2D eigenvalue weighted by molar-refractivity contribution is 0.203. The SMILES string of the molecule is CN=C(NCCOC)NCCS(=O)(=O)N1CCSCC1.I. The van der Waals surface area contributed by atoms with Crippen molar-refractivity contribution < 1.29 is 13.2 Å².